The first-order valence-corrected chi connectivity index (χ1v) is 15.3. The van der Waals surface area contributed by atoms with Crippen molar-refractivity contribution in [1.29, 1.82) is 5.26 Å². The van der Waals surface area contributed by atoms with Crippen molar-refractivity contribution in [2.45, 2.75) is 4.90 Å². The van der Waals surface area contributed by atoms with Crippen LogP contribution in [0.15, 0.2) is 71.8 Å². The van der Waals surface area contributed by atoms with Gasteiger partial charge in [0, 0.05) is 41.5 Å². The second kappa shape index (κ2) is 11.7. The van der Waals surface area contributed by atoms with E-state index in [1.807, 2.05) is 24.3 Å². The average Bonchev–Trinajstić information content (AvgIpc) is 3.04. The van der Waals surface area contributed by atoms with Gasteiger partial charge >= 0.3 is 0 Å². The maximum Gasteiger partial charge on any atom is 0.240 e. The Morgan fingerprint density at radius 1 is 0.978 bits per heavy atom. The summed E-state index contributed by atoms with van der Waals surface area (Å²) in [4.78, 5) is 10.1. The van der Waals surface area contributed by atoms with Gasteiger partial charge in [-0.25, -0.2) is 32.3 Å². The minimum absolute atomic E-state index is 0.132. The highest BCUT2D eigenvalue weighted by Gasteiger charge is 2.25. The molecule has 228 valence electrons. The van der Waals surface area contributed by atoms with E-state index >= 15 is 8.78 Å². The number of anilines is 2. The van der Waals surface area contributed by atoms with Crippen LogP contribution in [0.25, 0.3) is 44.3 Å². The maximum absolute atomic E-state index is 15.4. The topological polar surface area (TPSA) is 157 Å². The number of hydrogen-bond acceptors (Lipinski definition) is 9. The molecule has 0 radical (unpaired) electrons. The molecule has 1 fully saturated rings. The number of nitriles is 1. The van der Waals surface area contributed by atoms with Crippen LogP contribution in [-0.2, 0) is 14.8 Å². The number of hydrogen-bond donors (Lipinski definition) is 2. The number of primary sulfonamides is 1. The molecule has 0 unspecified atom stereocenters. The number of pyridine rings is 2. The third kappa shape index (κ3) is 5.51. The summed E-state index contributed by atoms with van der Waals surface area (Å²) < 4.78 is 65.0. The molecular formula is C32H26F2N6O4S. The zero-order valence-electron chi connectivity index (χ0n) is 23.9. The Labute approximate surface area is 257 Å². The van der Waals surface area contributed by atoms with E-state index in [2.05, 4.69) is 20.9 Å². The molecule has 13 heteroatoms. The Kier molecular flexibility index (Phi) is 7.80. The molecular weight excluding hydrogens is 602 g/mol. The molecule has 5 aromatic rings. The summed E-state index contributed by atoms with van der Waals surface area (Å²) in [6.07, 6.45) is 1.44. The summed E-state index contributed by atoms with van der Waals surface area (Å²) in [5, 5.41) is 16.0. The molecule has 45 heavy (non-hydrogen) atoms. The van der Waals surface area contributed by atoms with Gasteiger partial charge in [0.05, 0.1) is 42.5 Å². The monoisotopic (exact) mass is 628 g/mol. The summed E-state index contributed by atoms with van der Waals surface area (Å²) in [5.41, 5.74) is 9.53. The van der Waals surface area contributed by atoms with Crippen molar-refractivity contribution >= 4 is 32.4 Å². The number of morpholine rings is 1. The van der Waals surface area contributed by atoms with E-state index in [1.165, 1.54) is 19.4 Å². The average molecular weight is 629 g/mol. The molecule has 0 bridgehead atoms. The zero-order chi connectivity index (χ0) is 31.9. The van der Waals surface area contributed by atoms with E-state index in [4.69, 9.17) is 20.3 Å². The van der Waals surface area contributed by atoms with E-state index in [1.54, 1.807) is 18.2 Å². The molecule has 0 amide bonds. The van der Waals surface area contributed by atoms with Gasteiger partial charge in [0.15, 0.2) is 5.82 Å². The van der Waals surface area contributed by atoms with Crippen LogP contribution < -0.4 is 20.5 Å². The van der Waals surface area contributed by atoms with Crippen LogP contribution >= 0.6 is 0 Å². The number of nitrogens with zero attached hydrogens (tertiary/aromatic N) is 4. The quantitative estimate of drug-likeness (QED) is 0.268. The number of sulfonamides is 1. The van der Waals surface area contributed by atoms with Crippen molar-refractivity contribution in [2.24, 2.45) is 5.14 Å². The molecule has 3 aromatic carbocycles. The first kappa shape index (κ1) is 29.9. The fourth-order valence-electron chi connectivity index (χ4n) is 5.48. The molecule has 6 rings (SSSR count). The molecule has 10 nitrogen and oxygen atoms in total. The smallest absolute Gasteiger partial charge is 0.240 e. The van der Waals surface area contributed by atoms with Crippen molar-refractivity contribution in [3.05, 3.63) is 84.1 Å². The molecule has 2 aromatic heterocycles. The van der Waals surface area contributed by atoms with Gasteiger partial charge in [-0.05, 0) is 53.6 Å². The predicted molar refractivity (Wildman–Crippen MR) is 166 cm³/mol. The van der Waals surface area contributed by atoms with Gasteiger partial charge in [-0.15, -0.1) is 0 Å². The highest BCUT2D eigenvalue weighted by molar-refractivity contribution is 7.89. The van der Waals surface area contributed by atoms with Gasteiger partial charge < -0.3 is 20.1 Å². The molecule has 3 heterocycles. The SMILES string of the molecule is COc1ncc(-c2ccc3nc(N)c(-c4ccc(N5CCOCC5)cc4)c(C#N)c3c2)cc1-c1c(F)ccc(S(N)(=O)=O)c1F. The van der Waals surface area contributed by atoms with Crippen LogP contribution in [0, 0.1) is 23.0 Å². The lowest BCUT2D eigenvalue weighted by Gasteiger charge is -2.29. The fourth-order valence-corrected chi connectivity index (χ4v) is 6.09. The summed E-state index contributed by atoms with van der Waals surface area (Å²) in [5.74, 6) is -2.35. The molecule has 0 atom stereocenters. The second-order valence-electron chi connectivity index (χ2n) is 10.3. The highest BCUT2D eigenvalue weighted by Crippen LogP contribution is 2.39. The van der Waals surface area contributed by atoms with Gasteiger partial charge in [0.25, 0.3) is 0 Å². The normalized spacial score (nSPS) is 13.5. The molecule has 0 spiro atoms. The van der Waals surface area contributed by atoms with Crippen LogP contribution in [0.2, 0.25) is 0 Å². The van der Waals surface area contributed by atoms with Crippen molar-refractivity contribution in [3.8, 4) is 45.3 Å². The molecule has 1 aliphatic heterocycles. The molecule has 1 aliphatic rings. The van der Waals surface area contributed by atoms with Gasteiger partial charge in [0.1, 0.15) is 22.6 Å². The number of methoxy groups -OCH3 is 1. The number of nitrogen functional groups attached to an aromatic ring is 1. The Bertz CT molecular complexity index is 2110. The fraction of sp³-hybridized carbons (Fsp3) is 0.156. The Hall–Kier alpha value is -5.16. The number of aromatic nitrogens is 2. The largest absolute Gasteiger partial charge is 0.481 e. The van der Waals surface area contributed by atoms with E-state index in [0.29, 0.717) is 46.4 Å². The molecule has 4 N–H and O–H groups in total. The summed E-state index contributed by atoms with van der Waals surface area (Å²) in [7, 11) is -3.22. The third-order valence-electron chi connectivity index (χ3n) is 7.67. The number of rotatable bonds is 6. The number of halogens is 2. The van der Waals surface area contributed by atoms with Gasteiger partial charge in [-0.3, -0.25) is 0 Å². The van der Waals surface area contributed by atoms with Crippen LogP contribution in [0.4, 0.5) is 20.3 Å². The van der Waals surface area contributed by atoms with E-state index in [9.17, 15) is 13.7 Å². The Balaban J connectivity index is 1.47. The van der Waals surface area contributed by atoms with Crippen molar-refractivity contribution in [3.63, 3.8) is 0 Å². The maximum atomic E-state index is 15.4. The number of nitrogens with two attached hydrogens (primary N) is 2. The highest BCUT2D eigenvalue weighted by atomic mass is 32.2. The van der Waals surface area contributed by atoms with Gasteiger partial charge in [-0.2, -0.15) is 5.26 Å². The Morgan fingerprint density at radius 2 is 1.69 bits per heavy atom. The van der Waals surface area contributed by atoms with Crippen LogP contribution in [-0.4, -0.2) is 51.8 Å². The first-order chi connectivity index (χ1) is 21.6. The van der Waals surface area contributed by atoms with E-state index < -0.39 is 32.1 Å². The Morgan fingerprint density at radius 3 is 2.36 bits per heavy atom. The minimum Gasteiger partial charge on any atom is -0.481 e. The summed E-state index contributed by atoms with van der Waals surface area (Å²) in [6, 6.07) is 18.1. The van der Waals surface area contributed by atoms with Crippen molar-refractivity contribution in [2.75, 3.05) is 44.0 Å². The van der Waals surface area contributed by atoms with Crippen molar-refractivity contribution < 1.29 is 26.7 Å². The third-order valence-corrected chi connectivity index (χ3v) is 8.59. The van der Waals surface area contributed by atoms with Crippen LogP contribution in [0.1, 0.15) is 5.56 Å². The molecule has 0 saturated carbocycles. The van der Waals surface area contributed by atoms with Crippen LogP contribution in [0.3, 0.4) is 0 Å². The second-order valence-corrected chi connectivity index (χ2v) is 11.8. The molecule has 1 saturated heterocycles. The zero-order valence-corrected chi connectivity index (χ0v) is 24.7. The van der Waals surface area contributed by atoms with E-state index in [0.717, 1.165) is 36.5 Å². The predicted octanol–water partition coefficient (Wildman–Crippen LogP) is 4.86. The summed E-state index contributed by atoms with van der Waals surface area (Å²) >= 11 is 0. The van der Waals surface area contributed by atoms with Gasteiger partial charge in [0.2, 0.25) is 15.9 Å². The number of fused-ring (bicyclic) bond motifs is 1. The lowest BCUT2D eigenvalue weighted by atomic mass is 9.94. The molecule has 0 aliphatic carbocycles. The summed E-state index contributed by atoms with van der Waals surface area (Å²) in [6.45, 7) is 2.87. The van der Waals surface area contributed by atoms with Gasteiger partial charge in [-0.1, -0.05) is 18.2 Å². The van der Waals surface area contributed by atoms with Crippen molar-refractivity contribution in [1.82, 2.24) is 9.97 Å². The lowest BCUT2D eigenvalue weighted by molar-refractivity contribution is 0.122. The number of ether oxygens (including phenoxy) is 2. The standard InChI is InChI=1S/C32H26F2N6O4S/c1-43-32-23(29-25(33)7-9-27(30(29)34)45(37,41)42)15-20(17-38-32)19-4-8-26-22(14-19)24(16-35)28(31(36)39-26)18-2-5-21(6-3-18)40-10-12-44-13-11-40/h2-9,14-15,17H,10-13H2,1H3,(H2,36,39)(H2,37,41,42). The lowest BCUT2D eigenvalue weighted by Crippen LogP contribution is -2.36. The first-order valence-electron chi connectivity index (χ1n) is 13.7. The van der Waals surface area contributed by atoms with E-state index in [-0.39, 0.29) is 17.3 Å². The number of benzene rings is 3. The minimum atomic E-state index is -4.49. The van der Waals surface area contributed by atoms with Crippen LogP contribution in [0.5, 0.6) is 5.88 Å².